The van der Waals surface area contributed by atoms with Crippen LogP contribution in [-0.2, 0) is 11.8 Å². The van der Waals surface area contributed by atoms with E-state index in [1.54, 1.807) is 5.57 Å². The van der Waals surface area contributed by atoms with Gasteiger partial charge in [-0.3, -0.25) is 4.98 Å². The Balaban J connectivity index is 1.26. The van der Waals surface area contributed by atoms with Crippen LogP contribution in [0.2, 0.25) is 0 Å². The molecule has 0 saturated heterocycles. The Labute approximate surface area is 187 Å². The molecule has 0 radical (unpaired) electrons. The van der Waals surface area contributed by atoms with Crippen molar-refractivity contribution in [2.45, 2.75) is 77.2 Å². The van der Waals surface area contributed by atoms with Gasteiger partial charge in [0.2, 0.25) is 0 Å². The number of hydrogen-bond donors (Lipinski definition) is 0. The maximum Gasteiger partial charge on any atom is 0.119 e. The van der Waals surface area contributed by atoms with Gasteiger partial charge in [-0.1, -0.05) is 49.8 Å². The lowest BCUT2D eigenvalue weighted by Gasteiger charge is -2.57. The first-order chi connectivity index (χ1) is 15.0. The monoisotopic (exact) mass is 413 g/mol. The van der Waals surface area contributed by atoms with E-state index >= 15 is 0 Å². The van der Waals surface area contributed by atoms with E-state index in [1.165, 1.54) is 55.5 Å². The first-order valence-corrected chi connectivity index (χ1v) is 12.4. The lowest BCUT2D eigenvalue weighted by molar-refractivity contribution is -0.0139. The first kappa shape index (κ1) is 19.6. The van der Waals surface area contributed by atoms with Crippen molar-refractivity contribution in [1.29, 1.82) is 0 Å². The fraction of sp³-hybridized carbons (Fsp3) is 0.552. The summed E-state index contributed by atoms with van der Waals surface area (Å²) in [6.45, 7) is 7.26. The standard InChI is InChI=1S/C29H35NO/c1-19-9-10-20-17-26-24-12-11-21-18-23(31-22-7-5-4-6-8-22)13-15-28(21,2)25(24)14-16-29(26,3)27(20)30-19/h4-11,23-26H,12-18H2,1-3H3/t23-,24+,25-,26-,28-,29-/m0/s1. The number of nitrogens with zero attached hydrogens (tertiary/aromatic N) is 1. The van der Waals surface area contributed by atoms with Crippen LogP contribution in [0.5, 0.6) is 5.75 Å². The van der Waals surface area contributed by atoms with Crippen molar-refractivity contribution in [2.24, 2.45) is 23.2 Å². The molecule has 1 heterocycles. The van der Waals surface area contributed by atoms with E-state index in [0.29, 0.717) is 11.5 Å². The highest BCUT2D eigenvalue weighted by atomic mass is 16.5. The maximum absolute atomic E-state index is 6.38. The second-order valence-corrected chi connectivity index (χ2v) is 11.2. The summed E-state index contributed by atoms with van der Waals surface area (Å²) < 4.78 is 6.38. The molecule has 2 nitrogen and oxygen atoms in total. The van der Waals surface area contributed by atoms with Crippen molar-refractivity contribution in [1.82, 2.24) is 4.98 Å². The van der Waals surface area contributed by atoms with E-state index in [4.69, 9.17) is 9.72 Å². The molecule has 4 aliphatic rings. The molecule has 0 unspecified atom stereocenters. The van der Waals surface area contributed by atoms with Crippen molar-refractivity contribution in [2.75, 3.05) is 0 Å². The third kappa shape index (κ3) is 2.93. The van der Waals surface area contributed by atoms with Crippen LogP contribution < -0.4 is 4.74 Å². The van der Waals surface area contributed by atoms with Crippen molar-refractivity contribution in [3.8, 4) is 5.75 Å². The second-order valence-electron chi connectivity index (χ2n) is 11.2. The highest BCUT2D eigenvalue weighted by Gasteiger charge is 2.58. The maximum atomic E-state index is 6.38. The molecule has 1 aromatic carbocycles. The van der Waals surface area contributed by atoms with Crippen LogP contribution in [0.1, 0.15) is 69.3 Å². The van der Waals surface area contributed by atoms with Crippen molar-refractivity contribution < 1.29 is 4.74 Å². The summed E-state index contributed by atoms with van der Waals surface area (Å²) in [7, 11) is 0. The number of benzene rings is 1. The van der Waals surface area contributed by atoms with Gasteiger partial charge in [-0.25, -0.2) is 0 Å². The minimum atomic E-state index is 0.276. The summed E-state index contributed by atoms with van der Waals surface area (Å²) in [6.07, 6.45) is 11.7. The Morgan fingerprint density at radius 3 is 2.55 bits per heavy atom. The SMILES string of the molecule is Cc1ccc2c(n1)[C@@]1(C)CC[C@H]3[C@@H](CC=C4C[C@@H](Oc5ccccc5)CC[C@@]43C)[C@@H]1C2. The number of hydrogen-bond acceptors (Lipinski definition) is 2. The predicted molar refractivity (Wildman–Crippen MR) is 125 cm³/mol. The summed E-state index contributed by atoms with van der Waals surface area (Å²) in [5.41, 5.74) is 6.46. The second kappa shape index (κ2) is 6.95. The Kier molecular flexibility index (Phi) is 4.39. The van der Waals surface area contributed by atoms with E-state index in [9.17, 15) is 0 Å². The molecule has 0 spiro atoms. The zero-order valence-electron chi connectivity index (χ0n) is 19.2. The predicted octanol–water partition coefficient (Wildman–Crippen LogP) is 6.81. The zero-order chi connectivity index (χ0) is 21.2. The fourth-order valence-electron chi connectivity index (χ4n) is 7.89. The van der Waals surface area contributed by atoms with Crippen LogP contribution in [0.15, 0.2) is 54.1 Å². The molecule has 0 amide bonds. The van der Waals surface area contributed by atoms with Gasteiger partial charge in [0.25, 0.3) is 0 Å². The molecule has 0 aliphatic heterocycles. The molecule has 2 aromatic rings. The highest BCUT2D eigenvalue weighted by molar-refractivity contribution is 5.39. The molecule has 2 fully saturated rings. The fourth-order valence-corrected chi connectivity index (χ4v) is 7.89. The van der Waals surface area contributed by atoms with Gasteiger partial charge in [0.1, 0.15) is 11.9 Å². The first-order valence-electron chi connectivity index (χ1n) is 12.4. The van der Waals surface area contributed by atoms with E-state index in [0.717, 1.165) is 29.9 Å². The average molecular weight is 414 g/mol. The van der Waals surface area contributed by atoms with Crippen LogP contribution in [0.25, 0.3) is 0 Å². The molecule has 162 valence electrons. The Morgan fingerprint density at radius 2 is 1.71 bits per heavy atom. The van der Waals surface area contributed by atoms with Gasteiger partial charge < -0.3 is 4.74 Å². The summed E-state index contributed by atoms with van der Waals surface area (Å²) >= 11 is 0. The number of aryl methyl sites for hydroxylation is 1. The number of ether oxygens (including phenoxy) is 1. The summed E-state index contributed by atoms with van der Waals surface area (Å²) in [5.74, 6) is 3.39. The normalized spacial score (nSPS) is 38.4. The number of pyridine rings is 1. The molecule has 0 bridgehead atoms. The zero-order valence-corrected chi connectivity index (χ0v) is 19.2. The smallest absolute Gasteiger partial charge is 0.119 e. The summed E-state index contributed by atoms with van der Waals surface area (Å²) in [4.78, 5) is 5.06. The number of para-hydroxylation sites is 1. The van der Waals surface area contributed by atoms with Crippen LogP contribution in [-0.4, -0.2) is 11.1 Å². The average Bonchev–Trinajstić information content (AvgIpc) is 3.07. The van der Waals surface area contributed by atoms with Gasteiger partial charge in [0, 0.05) is 17.5 Å². The van der Waals surface area contributed by atoms with Gasteiger partial charge >= 0.3 is 0 Å². The highest BCUT2D eigenvalue weighted by Crippen LogP contribution is 2.64. The van der Waals surface area contributed by atoms with Gasteiger partial charge in [0.05, 0.1) is 5.69 Å². The lowest BCUT2D eigenvalue weighted by atomic mass is 9.48. The van der Waals surface area contributed by atoms with E-state index < -0.39 is 0 Å². The molecule has 6 rings (SSSR count). The molecule has 4 aliphatic carbocycles. The summed E-state index contributed by atoms with van der Waals surface area (Å²) in [5, 5.41) is 0. The largest absolute Gasteiger partial charge is 0.490 e. The minimum absolute atomic E-state index is 0.276. The Bertz CT molecular complexity index is 1030. The van der Waals surface area contributed by atoms with Crippen LogP contribution >= 0.6 is 0 Å². The molecule has 31 heavy (non-hydrogen) atoms. The molecule has 0 N–H and O–H groups in total. The third-order valence-corrected chi connectivity index (χ3v) is 9.59. The van der Waals surface area contributed by atoms with E-state index in [-0.39, 0.29) is 5.41 Å². The number of allylic oxidation sites excluding steroid dienone is 1. The Hall–Kier alpha value is -2.09. The quantitative estimate of drug-likeness (QED) is 0.504. The number of fused-ring (bicyclic) bond motifs is 7. The molecule has 1 aromatic heterocycles. The Morgan fingerprint density at radius 1 is 0.903 bits per heavy atom. The van der Waals surface area contributed by atoms with Crippen molar-refractivity contribution >= 4 is 0 Å². The topological polar surface area (TPSA) is 22.1 Å². The van der Waals surface area contributed by atoms with Gasteiger partial charge in [-0.15, -0.1) is 0 Å². The van der Waals surface area contributed by atoms with Crippen LogP contribution in [0.4, 0.5) is 0 Å². The lowest BCUT2D eigenvalue weighted by Crippen LogP contribution is -2.51. The molecular weight excluding hydrogens is 378 g/mol. The van der Waals surface area contributed by atoms with E-state index in [1.807, 2.05) is 0 Å². The third-order valence-electron chi connectivity index (χ3n) is 9.59. The molecule has 2 saturated carbocycles. The minimum Gasteiger partial charge on any atom is -0.490 e. The van der Waals surface area contributed by atoms with E-state index in [2.05, 4.69) is 69.3 Å². The van der Waals surface area contributed by atoms with Gasteiger partial charge in [-0.05, 0) is 92.4 Å². The van der Waals surface area contributed by atoms with Crippen molar-refractivity contribution in [3.63, 3.8) is 0 Å². The van der Waals surface area contributed by atoms with Crippen molar-refractivity contribution in [3.05, 3.63) is 71.1 Å². The molecule has 2 heteroatoms. The number of rotatable bonds is 2. The van der Waals surface area contributed by atoms with Gasteiger partial charge in [-0.2, -0.15) is 0 Å². The summed E-state index contributed by atoms with van der Waals surface area (Å²) in [6, 6.07) is 15.0. The van der Waals surface area contributed by atoms with Crippen LogP contribution in [0, 0.1) is 30.1 Å². The molecule has 6 atom stereocenters. The number of aromatic nitrogens is 1. The van der Waals surface area contributed by atoms with Crippen LogP contribution in [0.3, 0.4) is 0 Å². The van der Waals surface area contributed by atoms with Gasteiger partial charge in [0.15, 0.2) is 0 Å². The molecular formula is C29H35NO.